The van der Waals surface area contributed by atoms with Crippen LogP contribution in [0.4, 0.5) is 4.39 Å². The molecule has 3 rings (SSSR count). The Balaban J connectivity index is 2.11. The first-order chi connectivity index (χ1) is 7.74. The maximum atomic E-state index is 13.1. The molecular weight excluding hydrogens is 231 g/mol. The standard InChI is InChI=1S/C11H10ClFN2O/c12-8-3-7(13)4-9-10(8)16-11(15-9)6-1-2-14-5-6/h3-4,6,14H,1-2,5H2. The first-order valence-corrected chi connectivity index (χ1v) is 5.58. The monoisotopic (exact) mass is 240 g/mol. The Morgan fingerprint density at radius 3 is 3.12 bits per heavy atom. The Labute approximate surface area is 96.6 Å². The highest BCUT2D eigenvalue weighted by Crippen LogP contribution is 2.30. The average molecular weight is 241 g/mol. The molecule has 1 aliphatic rings. The number of fused-ring (bicyclic) bond motifs is 1. The molecule has 1 aromatic carbocycles. The Morgan fingerprint density at radius 2 is 2.38 bits per heavy atom. The third-order valence-corrected chi connectivity index (χ3v) is 3.12. The summed E-state index contributed by atoms with van der Waals surface area (Å²) in [4.78, 5) is 4.29. The number of nitrogens with one attached hydrogen (secondary N) is 1. The van der Waals surface area contributed by atoms with E-state index in [0.29, 0.717) is 17.0 Å². The number of oxazole rings is 1. The lowest BCUT2D eigenvalue weighted by molar-refractivity contribution is 0.485. The lowest BCUT2D eigenvalue weighted by atomic mass is 10.1. The summed E-state index contributed by atoms with van der Waals surface area (Å²) in [7, 11) is 0. The number of hydrogen-bond acceptors (Lipinski definition) is 3. The summed E-state index contributed by atoms with van der Waals surface area (Å²) in [6, 6.07) is 2.59. The van der Waals surface area contributed by atoms with E-state index in [1.807, 2.05) is 0 Å². The Bertz CT molecular complexity index is 534. The van der Waals surface area contributed by atoms with Crippen molar-refractivity contribution in [3.8, 4) is 0 Å². The van der Waals surface area contributed by atoms with Crippen molar-refractivity contribution in [2.24, 2.45) is 0 Å². The van der Waals surface area contributed by atoms with Crippen molar-refractivity contribution in [2.45, 2.75) is 12.3 Å². The Morgan fingerprint density at radius 1 is 1.50 bits per heavy atom. The van der Waals surface area contributed by atoms with E-state index in [9.17, 15) is 4.39 Å². The van der Waals surface area contributed by atoms with Gasteiger partial charge in [0.15, 0.2) is 11.5 Å². The van der Waals surface area contributed by atoms with Gasteiger partial charge in [0, 0.05) is 18.5 Å². The zero-order valence-corrected chi connectivity index (χ0v) is 9.22. The molecule has 1 unspecified atom stereocenters. The molecular formula is C11H10ClFN2O. The number of benzene rings is 1. The van der Waals surface area contributed by atoms with Gasteiger partial charge in [-0.3, -0.25) is 0 Å². The van der Waals surface area contributed by atoms with Crippen LogP contribution in [0.25, 0.3) is 11.1 Å². The van der Waals surface area contributed by atoms with Crippen molar-refractivity contribution in [1.29, 1.82) is 0 Å². The van der Waals surface area contributed by atoms with Crippen molar-refractivity contribution < 1.29 is 8.81 Å². The largest absolute Gasteiger partial charge is 0.439 e. The Hall–Kier alpha value is -1.13. The average Bonchev–Trinajstić information content (AvgIpc) is 2.82. The van der Waals surface area contributed by atoms with Gasteiger partial charge in [-0.05, 0) is 19.0 Å². The van der Waals surface area contributed by atoms with Crippen LogP contribution in [-0.4, -0.2) is 18.1 Å². The highest BCUT2D eigenvalue weighted by atomic mass is 35.5. The van der Waals surface area contributed by atoms with Crippen molar-refractivity contribution in [2.75, 3.05) is 13.1 Å². The summed E-state index contributed by atoms with van der Waals surface area (Å²) in [5, 5.41) is 3.51. The number of aromatic nitrogens is 1. The van der Waals surface area contributed by atoms with Gasteiger partial charge in [0.05, 0.1) is 5.02 Å². The topological polar surface area (TPSA) is 38.1 Å². The summed E-state index contributed by atoms with van der Waals surface area (Å²) < 4.78 is 18.7. The zero-order valence-electron chi connectivity index (χ0n) is 8.46. The van der Waals surface area contributed by atoms with Gasteiger partial charge in [-0.15, -0.1) is 0 Å². The third kappa shape index (κ3) is 1.58. The summed E-state index contributed by atoms with van der Waals surface area (Å²) in [5.41, 5.74) is 0.969. The van der Waals surface area contributed by atoms with E-state index in [1.165, 1.54) is 12.1 Å². The van der Waals surface area contributed by atoms with E-state index >= 15 is 0 Å². The smallest absolute Gasteiger partial charge is 0.200 e. The van der Waals surface area contributed by atoms with Gasteiger partial charge in [-0.1, -0.05) is 11.6 Å². The lowest BCUT2D eigenvalue weighted by Gasteiger charge is -1.99. The summed E-state index contributed by atoms with van der Waals surface area (Å²) in [6.07, 6.45) is 0.993. The fourth-order valence-corrected chi connectivity index (χ4v) is 2.26. The molecule has 0 spiro atoms. The van der Waals surface area contributed by atoms with Crippen molar-refractivity contribution >= 4 is 22.7 Å². The van der Waals surface area contributed by atoms with Gasteiger partial charge in [0.2, 0.25) is 0 Å². The van der Waals surface area contributed by atoms with E-state index in [2.05, 4.69) is 10.3 Å². The van der Waals surface area contributed by atoms with Crippen LogP contribution in [0, 0.1) is 5.82 Å². The second-order valence-corrected chi connectivity index (χ2v) is 4.38. The zero-order chi connectivity index (χ0) is 11.1. The SMILES string of the molecule is Fc1cc(Cl)c2oc(C3CCNC3)nc2c1. The summed E-state index contributed by atoms with van der Waals surface area (Å²) in [6.45, 7) is 1.82. The minimum atomic E-state index is -0.387. The minimum Gasteiger partial charge on any atom is -0.439 e. The van der Waals surface area contributed by atoms with Crippen LogP contribution in [0.3, 0.4) is 0 Å². The molecule has 1 aromatic heterocycles. The van der Waals surface area contributed by atoms with E-state index < -0.39 is 0 Å². The summed E-state index contributed by atoms with van der Waals surface area (Å²) in [5.74, 6) is 0.529. The van der Waals surface area contributed by atoms with Gasteiger partial charge in [0.1, 0.15) is 11.3 Å². The highest BCUT2D eigenvalue weighted by Gasteiger charge is 2.22. The molecule has 1 saturated heterocycles. The Kier molecular flexibility index (Phi) is 2.33. The molecule has 84 valence electrons. The fourth-order valence-electron chi connectivity index (χ4n) is 2.02. The lowest BCUT2D eigenvalue weighted by Crippen LogP contribution is -2.07. The third-order valence-electron chi connectivity index (χ3n) is 2.84. The first kappa shape index (κ1) is 10.1. The van der Waals surface area contributed by atoms with E-state index in [1.54, 1.807) is 0 Å². The molecule has 0 saturated carbocycles. The van der Waals surface area contributed by atoms with Crippen LogP contribution < -0.4 is 5.32 Å². The molecule has 0 aliphatic carbocycles. The van der Waals surface area contributed by atoms with Gasteiger partial charge >= 0.3 is 0 Å². The van der Waals surface area contributed by atoms with Crippen LogP contribution in [0.2, 0.25) is 5.02 Å². The highest BCUT2D eigenvalue weighted by molar-refractivity contribution is 6.34. The molecule has 3 nitrogen and oxygen atoms in total. The molecule has 1 fully saturated rings. The second kappa shape index (κ2) is 3.71. The first-order valence-electron chi connectivity index (χ1n) is 5.20. The fraction of sp³-hybridized carbons (Fsp3) is 0.364. The van der Waals surface area contributed by atoms with Gasteiger partial charge in [-0.25, -0.2) is 9.37 Å². The van der Waals surface area contributed by atoms with Crippen molar-refractivity contribution in [1.82, 2.24) is 10.3 Å². The van der Waals surface area contributed by atoms with Crippen LogP contribution in [-0.2, 0) is 0 Å². The minimum absolute atomic E-state index is 0.270. The maximum absolute atomic E-state index is 13.1. The maximum Gasteiger partial charge on any atom is 0.200 e. The predicted octanol–water partition coefficient (Wildman–Crippen LogP) is 2.70. The van der Waals surface area contributed by atoms with Crippen molar-refractivity contribution in [3.05, 3.63) is 28.9 Å². The normalized spacial score (nSPS) is 20.8. The van der Waals surface area contributed by atoms with E-state index in [0.717, 1.165) is 19.5 Å². The molecule has 2 aromatic rings. The number of halogens is 2. The van der Waals surface area contributed by atoms with Gasteiger partial charge in [-0.2, -0.15) is 0 Å². The molecule has 1 atom stereocenters. The van der Waals surface area contributed by atoms with Crippen molar-refractivity contribution in [3.63, 3.8) is 0 Å². The van der Waals surface area contributed by atoms with Crippen LogP contribution in [0.5, 0.6) is 0 Å². The second-order valence-electron chi connectivity index (χ2n) is 3.98. The number of hydrogen-bond donors (Lipinski definition) is 1. The molecule has 1 aliphatic heterocycles. The molecule has 0 radical (unpaired) electrons. The molecule has 5 heteroatoms. The van der Waals surface area contributed by atoms with Gasteiger partial charge in [0.25, 0.3) is 0 Å². The van der Waals surface area contributed by atoms with Crippen LogP contribution in [0.15, 0.2) is 16.5 Å². The predicted molar refractivity (Wildman–Crippen MR) is 59.2 cm³/mol. The van der Waals surface area contributed by atoms with E-state index in [-0.39, 0.29) is 16.8 Å². The molecule has 1 N–H and O–H groups in total. The summed E-state index contributed by atoms with van der Waals surface area (Å²) >= 11 is 5.89. The number of rotatable bonds is 1. The van der Waals surface area contributed by atoms with Crippen LogP contribution >= 0.6 is 11.6 Å². The molecule has 16 heavy (non-hydrogen) atoms. The molecule has 0 amide bonds. The van der Waals surface area contributed by atoms with E-state index in [4.69, 9.17) is 16.0 Å². The number of nitrogens with zero attached hydrogens (tertiary/aromatic N) is 1. The van der Waals surface area contributed by atoms with Crippen LogP contribution in [0.1, 0.15) is 18.2 Å². The quantitative estimate of drug-likeness (QED) is 0.833. The molecule has 0 bridgehead atoms. The molecule has 2 heterocycles. The van der Waals surface area contributed by atoms with Gasteiger partial charge < -0.3 is 9.73 Å².